The van der Waals surface area contributed by atoms with Crippen LogP contribution in [0.1, 0.15) is 18.5 Å². The molecule has 0 bridgehead atoms. The van der Waals surface area contributed by atoms with Gasteiger partial charge >= 0.3 is 6.03 Å². The van der Waals surface area contributed by atoms with Crippen molar-refractivity contribution in [2.75, 3.05) is 12.4 Å². The van der Waals surface area contributed by atoms with Crippen LogP contribution in [0.25, 0.3) is 22.0 Å². The van der Waals surface area contributed by atoms with E-state index in [0.29, 0.717) is 17.0 Å². The molecule has 1 aliphatic heterocycles. The summed E-state index contributed by atoms with van der Waals surface area (Å²) in [6.45, 7) is 1.73. The Morgan fingerprint density at radius 1 is 1.00 bits per heavy atom. The van der Waals surface area contributed by atoms with E-state index in [1.807, 2.05) is 66.7 Å². The number of benzene rings is 3. The van der Waals surface area contributed by atoms with Crippen LogP contribution in [0.2, 0.25) is 0 Å². The summed E-state index contributed by atoms with van der Waals surface area (Å²) in [6.07, 6.45) is 1.70. The number of allylic oxidation sites excluding steroid dienone is 1. The zero-order chi connectivity index (χ0) is 23.7. The van der Waals surface area contributed by atoms with Gasteiger partial charge in [0.15, 0.2) is 0 Å². The molecule has 3 aromatic carbocycles. The molecule has 0 fully saturated rings. The van der Waals surface area contributed by atoms with Gasteiger partial charge in [-0.15, -0.1) is 0 Å². The van der Waals surface area contributed by atoms with Crippen LogP contribution in [0.4, 0.5) is 10.5 Å². The third-order valence-corrected chi connectivity index (χ3v) is 5.88. The van der Waals surface area contributed by atoms with E-state index in [0.717, 1.165) is 33.3 Å². The largest absolute Gasteiger partial charge is 0.497 e. The predicted molar refractivity (Wildman–Crippen MR) is 130 cm³/mol. The van der Waals surface area contributed by atoms with E-state index in [1.165, 1.54) is 0 Å². The lowest BCUT2D eigenvalue weighted by molar-refractivity contribution is -0.113. The van der Waals surface area contributed by atoms with E-state index < -0.39 is 6.04 Å². The summed E-state index contributed by atoms with van der Waals surface area (Å²) >= 11 is 0. The first-order valence-corrected chi connectivity index (χ1v) is 10.8. The van der Waals surface area contributed by atoms with Gasteiger partial charge in [0, 0.05) is 16.8 Å². The van der Waals surface area contributed by atoms with Crippen LogP contribution in [0.15, 0.2) is 84.2 Å². The first-order chi connectivity index (χ1) is 16.5. The molecule has 34 heavy (non-hydrogen) atoms. The van der Waals surface area contributed by atoms with Gasteiger partial charge in [0.05, 0.1) is 30.4 Å². The monoisotopic (exact) mass is 453 g/mol. The zero-order valence-corrected chi connectivity index (χ0v) is 18.7. The van der Waals surface area contributed by atoms with Gasteiger partial charge < -0.3 is 20.7 Å². The molecule has 0 saturated heterocycles. The minimum absolute atomic E-state index is 0.294. The molecule has 8 heteroatoms. The number of methoxy groups -OCH3 is 1. The maximum Gasteiger partial charge on any atom is 0.319 e. The molecule has 170 valence electrons. The lowest BCUT2D eigenvalue weighted by atomic mass is 9.93. The number of carbonyl (C=O) groups is 2. The topological polar surface area (TPSA) is 108 Å². The molecule has 0 spiro atoms. The fraction of sp³-hybridized carbons (Fsp3) is 0.115. The highest BCUT2D eigenvalue weighted by Gasteiger charge is 2.31. The Hall–Kier alpha value is -4.59. The van der Waals surface area contributed by atoms with E-state index in [1.54, 1.807) is 20.2 Å². The third kappa shape index (κ3) is 4.09. The summed E-state index contributed by atoms with van der Waals surface area (Å²) in [5.41, 5.74) is 5.35. The smallest absolute Gasteiger partial charge is 0.319 e. The standard InChI is InChI=1S/C26H23N5O3/c1-15-23(25(32)29-20-9-12-22-19(13-20)14-27-31-22)24(30-26(33)28-15)18-5-3-16(4-6-18)17-7-10-21(34-2)11-8-17/h3-14,24H,1-2H3,(H,27,31)(H,29,32)(H2,28,30,33). The van der Waals surface area contributed by atoms with E-state index in [-0.39, 0.29) is 11.9 Å². The van der Waals surface area contributed by atoms with E-state index in [2.05, 4.69) is 26.1 Å². The maximum atomic E-state index is 13.3. The van der Waals surface area contributed by atoms with Crippen LogP contribution in [-0.4, -0.2) is 29.2 Å². The summed E-state index contributed by atoms with van der Waals surface area (Å²) in [6, 6.07) is 20.2. The number of hydrogen-bond acceptors (Lipinski definition) is 4. The van der Waals surface area contributed by atoms with Crippen LogP contribution in [0, 0.1) is 0 Å². The Kier molecular flexibility index (Phi) is 5.47. The molecule has 0 aliphatic carbocycles. The molecule has 0 saturated carbocycles. The first-order valence-electron chi connectivity index (χ1n) is 10.8. The minimum Gasteiger partial charge on any atom is -0.497 e. The Labute approximate surface area is 196 Å². The molecule has 0 radical (unpaired) electrons. The van der Waals surface area contributed by atoms with Crippen molar-refractivity contribution in [2.45, 2.75) is 13.0 Å². The van der Waals surface area contributed by atoms with E-state index in [4.69, 9.17) is 4.74 Å². The number of rotatable bonds is 5. The lowest BCUT2D eigenvalue weighted by Gasteiger charge is -2.28. The van der Waals surface area contributed by atoms with Gasteiger partial charge in [0.2, 0.25) is 0 Å². The second-order valence-electron chi connectivity index (χ2n) is 8.05. The maximum absolute atomic E-state index is 13.3. The molecule has 5 rings (SSSR count). The predicted octanol–water partition coefficient (Wildman–Crippen LogP) is 4.51. The van der Waals surface area contributed by atoms with Crippen molar-refractivity contribution in [3.63, 3.8) is 0 Å². The van der Waals surface area contributed by atoms with E-state index in [9.17, 15) is 9.59 Å². The van der Waals surface area contributed by atoms with Gasteiger partial charge in [-0.25, -0.2) is 4.79 Å². The Morgan fingerprint density at radius 3 is 2.41 bits per heavy atom. The number of nitrogens with one attached hydrogen (secondary N) is 4. The van der Waals surface area contributed by atoms with Crippen molar-refractivity contribution in [2.24, 2.45) is 0 Å². The fourth-order valence-corrected chi connectivity index (χ4v) is 4.12. The Morgan fingerprint density at radius 2 is 1.71 bits per heavy atom. The second kappa shape index (κ2) is 8.74. The van der Waals surface area contributed by atoms with E-state index >= 15 is 0 Å². The van der Waals surface area contributed by atoms with Gasteiger partial charge in [-0.1, -0.05) is 36.4 Å². The molecule has 2 heterocycles. The van der Waals surface area contributed by atoms with Crippen molar-refractivity contribution >= 4 is 28.5 Å². The van der Waals surface area contributed by atoms with Crippen molar-refractivity contribution in [3.8, 4) is 16.9 Å². The van der Waals surface area contributed by atoms with Crippen molar-refractivity contribution < 1.29 is 14.3 Å². The number of ether oxygens (including phenoxy) is 1. The van der Waals surface area contributed by atoms with Gasteiger partial charge in [0.25, 0.3) is 5.91 Å². The molecule has 4 N–H and O–H groups in total. The van der Waals surface area contributed by atoms with Crippen LogP contribution in [0.5, 0.6) is 5.75 Å². The third-order valence-electron chi connectivity index (χ3n) is 5.88. The fourth-order valence-electron chi connectivity index (χ4n) is 4.12. The van der Waals surface area contributed by atoms with Crippen molar-refractivity contribution in [3.05, 3.63) is 89.8 Å². The molecule has 3 amide bonds. The summed E-state index contributed by atoms with van der Waals surface area (Å²) in [5.74, 6) is 0.498. The molecule has 4 aromatic rings. The molecule has 1 unspecified atom stereocenters. The number of H-pyrrole nitrogens is 1. The first kappa shape index (κ1) is 21.3. The number of carbonyl (C=O) groups excluding carboxylic acids is 2. The summed E-state index contributed by atoms with van der Waals surface area (Å²) in [5, 5.41) is 16.3. The van der Waals surface area contributed by atoms with Crippen LogP contribution >= 0.6 is 0 Å². The van der Waals surface area contributed by atoms with Gasteiger partial charge in [0.1, 0.15) is 5.75 Å². The zero-order valence-electron chi connectivity index (χ0n) is 18.7. The van der Waals surface area contributed by atoms with Crippen molar-refractivity contribution in [1.82, 2.24) is 20.8 Å². The van der Waals surface area contributed by atoms with Crippen LogP contribution < -0.4 is 20.7 Å². The molecule has 1 atom stereocenters. The highest BCUT2D eigenvalue weighted by atomic mass is 16.5. The average Bonchev–Trinajstić information content (AvgIpc) is 3.31. The van der Waals surface area contributed by atoms with Gasteiger partial charge in [-0.05, 0) is 53.9 Å². The molecular weight excluding hydrogens is 430 g/mol. The lowest BCUT2D eigenvalue weighted by Crippen LogP contribution is -2.45. The summed E-state index contributed by atoms with van der Waals surface area (Å²) in [7, 11) is 1.64. The molecular formula is C26H23N5O3. The number of aromatic nitrogens is 2. The minimum atomic E-state index is -0.587. The number of urea groups is 1. The average molecular weight is 454 g/mol. The molecule has 1 aromatic heterocycles. The Balaban J connectivity index is 1.42. The number of fused-ring (bicyclic) bond motifs is 1. The molecule has 8 nitrogen and oxygen atoms in total. The number of nitrogens with zero attached hydrogens (tertiary/aromatic N) is 1. The molecule has 1 aliphatic rings. The highest BCUT2D eigenvalue weighted by molar-refractivity contribution is 6.07. The number of amides is 3. The quantitative estimate of drug-likeness (QED) is 0.357. The Bertz CT molecular complexity index is 1400. The number of aromatic amines is 1. The van der Waals surface area contributed by atoms with Crippen LogP contribution in [-0.2, 0) is 4.79 Å². The number of hydrogen-bond donors (Lipinski definition) is 4. The number of anilines is 1. The van der Waals surface area contributed by atoms with Gasteiger partial charge in [-0.2, -0.15) is 5.10 Å². The summed E-state index contributed by atoms with van der Waals surface area (Å²) in [4.78, 5) is 25.5. The van der Waals surface area contributed by atoms with Crippen molar-refractivity contribution in [1.29, 1.82) is 0 Å². The normalized spacial score (nSPS) is 15.6. The summed E-state index contributed by atoms with van der Waals surface area (Å²) < 4.78 is 5.22. The SMILES string of the molecule is COc1ccc(-c2ccc(C3NC(=O)NC(C)=C3C(=O)Nc3ccc4[nH]ncc4c3)cc2)cc1. The second-order valence-corrected chi connectivity index (χ2v) is 8.05. The highest BCUT2D eigenvalue weighted by Crippen LogP contribution is 2.30. The van der Waals surface area contributed by atoms with Gasteiger partial charge in [-0.3, -0.25) is 9.89 Å². The van der Waals surface area contributed by atoms with Crippen LogP contribution in [0.3, 0.4) is 0 Å².